The van der Waals surface area contributed by atoms with Gasteiger partial charge in [0.05, 0.1) is 5.57 Å². The van der Waals surface area contributed by atoms with Gasteiger partial charge in [-0.2, -0.15) is 5.43 Å². The molecule has 0 saturated heterocycles. The third-order valence-corrected chi connectivity index (χ3v) is 10.1. The Hall–Kier alpha value is -1.65. The van der Waals surface area contributed by atoms with Crippen molar-refractivity contribution in [3.63, 3.8) is 0 Å². The van der Waals surface area contributed by atoms with E-state index in [9.17, 15) is 5.11 Å². The standard InChI is InChI=1S/C26H25ClN2O3.Al/c1-13-11-18(24(2,3)17-12-15(27)9-10-16(13)17)25-22(31)26(25,23(25)32)19-20(28-29-21(19)30)14-7-5-4-6-8-14;/h4-10,12-13,18,22-23H,11H2,1-3H3,(H2,28,29,30);/q-2;+2. The second-order valence-corrected chi connectivity index (χ2v) is 11.9. The van der Waals surface area contributed by atoms with Crippen LogP contribution in [0.4, 0.5) is 0 Å². The second-order valence-electron chi connectivity index (χ2n) is 10.8. The Labute approximate surface area is 205 Å². The van der Waals surface area contributed by atoms with E-state index < -0.39 is 32.8 Å². The minimum absolute atomic E-state index is 0.0902. The van der Waals surface area contributed by atoms with Crippen LogP contribution in [0.3, 0.4) is 0 Å². The van der Waals surface area contributed by atoms with Crippen LogP contribution in [0.2, 0.25) is 5.02 Å². The van der Waals surface area contributed by atoms with E-state index in [2.05, 4.69) is 45.0 Å². The molecule has 1 spiro atoms. The van der Waals surface area contributed by atoms with Crippen LogP contribution in [0.15, 0.2) is 65.1 Å². The monoisotopic (exact) mass is 475 g/mol. The molecule has 2 aliphatic heterocycles. The van der Waals surface area contributed by atoms with Crippen molar-refractivity contribution in [1.82, 2.24) is 0 Å². The van der Waals surface area contributed by atoms with Crippen molar-refractivity contribution >= 4 is 33.2 Å². The van der Waals surface area contributed by atoms with E-state index in [1.54, 1.807) is 5.43 Å². The van der Waals surface area contributed by atoms with Crippen molar-refractivity contribution in [3.8, 4) is 0 Å². The van der Waals surface area contributed by atoms with Gasteiger partial charge >= 0.3 is 15.9 Å². The summed E-state index contributed by atoms with van der Waals surface area (Å²) in [7, 11) is 0. The maximum absolute atomic E-state index is 14.0. The van der Waals surface area contributed by atoms with Crippen LogP contribution < -0.4 is 10.5 Å². The van der Waals surface area contributed by atoms with Crippen molar-refractivity contribution in [2.45, 2.75) is 50.7 Å². The van der Waals surface area contributed by atoms with Gasteiger partial charge in [0.1, 0.15) is 5.71 Å². The molecular weight excluding hydrogens is 451 g/mol. The molecule has 2 N–H and O–H groups in total. The average Bonchev–Trinajstić information content (AvgIpc) is 3.52. The van der Waals surface area contributed by atoms with Gasteiger partial charge in [-0.05, 0) is 52.3 Å². The Kier molecular flexibility index (Phi) is 4.09. The molecule has 0 amide bonds. The summed E-state index contributed by atoms with van der Waals surface area (Å²) < 4.78 is 12.3. The number of hydrogen-bond acceptors (Lipinski definition) is 4. The first-order valence-electron chi connectivity index (χ1n) is 11.7. The van der Waals surface area contributed by atoms with Gasteiger partial charge in [0, 0.05) is 22.1 Å². The lowest BCUT2D eigenvalue weighted by Gasteiger charge is -2.47. The molecule has 6 unspecified atom stereocenters. The molecule has 0 aromatic heterocycles. The number of benzene rings is 2. The van der Waals surface area contributed by atoms with Gasteiger partial charge in [0.2, 0.25) is 0 Å². The predicted molar refractivity (Wildman–Crippen MR) is 123 cm³/mol. The summed E-state index contributed by atoms with van der Waals surface area (Å²) in [5.74, 6) is 1.31. The van der Waals surface area contributed by atoms with Gasteiger partial charge in [0.15, 0.2) is 0 Å². The zero-order valence-electron chi connectivity index (χ0n) is 18.8. The molecule has 2 fully saturated rings. The molecule has 0 bridgehead atoms. The van der Waals surface area contributed by atoms with Crippen LogP contribution in [0.1, 0.15) is 49.8 Å². The predicted octanol–water partition coefficient (Wildman–Crippen LogP) is 2.61. The number of halogens is 1. The molecule has 2 aromatic carbocycles. The number of nitrogens with two attached hydrogens (primary N) is 1. The summed E-state index contributed by atoms with van der Waals surface area (Å²) in [5.41, 5.74) is 6.17. The van der Waals surface area contributed by atoms with E-state index in [1.165, 1.54) is 11.1 Å². The number of nitrogens with zero attached hydrogens (tertiary/aromatic N) is 1. The maximum Gasteiger partial charge on any atom is 0.778 e. The Morgan fingerprint density at radius 1 is 1.18 bits per heavy atom. The van der Waals surface area contributed by atoms with Crippen molar-refractivity contribution in [2.24, 2.45) is 21.8 Å². The molecule has 5 nitrogen and oxygen atoms in total. The van der Waals surface area contributed by atoms with Crippen LogP contribution >= 0.6 is 11.6 Å². The molecule has 7 heteroatoms. The molecular formula is C26H25AlClN2O3. The molecule has 7 rings (SSSR count). The third kappa shape index (κ3) is 2.28. The fourth-order valence-electron chi connectivity index (χ4n) is 7.62. The van der Waals surface area contributed by atoms with Gasteiger partial charge in [-0.25, -0.2) is 0 Å². The topological polar surface area (TPSA) is 70.5 Å². The average molecular weight is 476 g/mol. The van der Waals surface area contributed by atoms with Crippen molar-refractivity contribution in [1.29, 1.82) is 0 Å². The quantitative estimate of drug-likeness (QED) is 0.536. The molecule has 3 aliphatic carbocycles. The maximum atomic E-state index is 14.0. The normalized spacial score (nSPS) is 39.1. The Balaban J connectivity index is 1.36. The van der Waals surface area contributed by atoms with E-state index in [-0.39, 0.29) is 17.4 Å². The molecule has 5 aliphatic rings. The van der Waals surface area contributed by atoms with E-state index in [0.717, 1.165) is 34.2 Å². The lowest BCUT2D eigenvalue weighted by molar-refractivity contribution is -0.630. The van der Waals surface area contributed by atoms with E-state index in [0.29, 0.717) is 5.92 Å². The zero-order chi connectivity index (χ0) is 22.8. The van der Waals surface area contributed by atoms with E-state index >= 15 is 0 Å². The third-order valence-electron chi connectivity index (χ3n) is 9.14. The highest BCUT2D eigenvalue weighted by molar-refractivity contribution is 6.30. The molecule has 1 radical (unpaired) electrons. The highest BCUT2D eigenvalue weighted by atomic mass is 35.5. The van der Waals surface area contributed by atoms with Crippen molar-refractivity contribution in [2.75, 3.05) is 0 Å². The SMILES string of the molecule is CC1CC(C23C([O-])C24C2=C([NH2+]N=C2c2ccccc2)[O][Al][O]C43)C(C)(C)c2cc(Cl)ccc21. The van der Waals surface area contributed by atoms with Crippen LogP contribution in [0, 0.1) is 16.7 Å². The molecule has 2 saturated carbocycles. The first kappa shape index (κ1) is 20.7. The van der Waals surface area contributed by atoms with Gasteiger partial charge in [0.25, 0.3) is 5.88 Å². The summed E-state index contributed by atoms with van der Waals surface area (Å²) in [5, 5.41) is 19.5. The minimum atomic E-state index is -0.710. The Morgan fingerprint density at radius 3 is 2.76 bits per heavy atom. The number of hydrogen-bond donors (Lipinski definition) is 1. The van der Waals surface area contributed by atoms with Crippen molar-refractivity contribution in [3.05, 3.63) is 81.7 Å². The molecule has 6 atom stereocenters. The summed E-state index contributed by atoms with van der Waals surface area (Å²) in [4.78, 5) is 0. The van der Waals surface area contributed by atoms with Crippen molar-refractivity contribution < 1.29 is 18.1 Å². The van der Waals surface area contributed by atoms with Gasteiger partial charge in [-0.1, -0.05) is 73.9 Å². The summed E-state index contributed by atoms with van der Waals surface area (Å²) in [6, 6.07) is 16.4. The summed E-state index contributed by atoms with van der Waals surface area (Å²) in [6.07, 6.45) is 0.175. The molecule has 33 heavy (non-hydrogen) atoms. The van der Waals surface area contributed by atoms with Crippen LogP contribution in [0.25, 0.3) is 0 Å². The summed E-state index contributed by atoms with van der Waals surface area (Å²) >= 11 is 5.78. The summed E-state index contributed by atoms with van der Waals surface area (Å²) in [6.45, 7) is 6.85. The van der Waals surface area contributed by atoms with Crippen LogP contribution in [0.5, 0.6) is 0 Å². The Morgan fingerprint density at radius 2 is 1.97 bits per heavy atom. The van der Waals surface area contributed by atoms with E-state index in [1.807, 2.05) is 24.3 Å². The van der Waals surface area contributed by atoms with Crippen LogP contribution in [-0.2, 0) is 13.0 Å². The van der Waals surface area contributed by atoms with Gasteiger partial charge < -0.3 is 12.7 Å². The van der Waals surface area contributed by atoms with Gasteiger partial charge in [-0.3, -0.25) is 0 Å². The second kappa shape index (κ2) is 6.52. The number of rotatable bonds is 2. The minimum Gasteiger partial charge on any atom is -0.851 e. The van der Waals surface area contributed by atoms with Crippen LogP contribution in [-0.4, -0.2) is 33.8 Å². The first-order valence-corrected chi connectivity index (χ1v) is 13.0. The fraction of sp³-hybridized carbons (Fsp3) is 0.423. The number of fused-ring (bicyclic) bond motifs is 2. The Bertz CT molecular complexity index is 1260. The molecule has 2 aromatic rings. The highest BCUT2D eigenvalue weighted by Gasteiger charge is 2.98. The fourth-order valence-corrected chi connectivity index (χ4v) is 8.68. The molecule has 2 heterocycles. The zero-order valence-corrected chi connectivity index (χ0v) is 20.8. The number of quaternary nitrogens is 1. The molecule has 167 valence electrons. The smallest absolute Gasteiger partial charge is 0.778 e. The first-order chi connectivity index (χ1) is 15.9. The lowest BCUT2D eigenvalue weighted by Crippen LogP contribution is -2.75. The highest BCUT2D eigenvalue weighted by Crippen LogP contribution is 2.93. The van der Waals surface area contributed by atoms with E-state index in [4.69, 9.17) is 24.3 Å². The van der Waals surface area contributed by atoms with Gasteiger partial charge in [-0.15, -0.1) is 6.10 Å². The lowest BCUT2D eigenvalue weighted by atomic mass is 9.59. The largest absolute Gasteiger partial charge is 0.851 e.